The van der Waals surface area contributed by atoms with Crippen molar-refractivity contribution in [1.82, 2.24) is 15.1 Å². The van der Waals surface area contributed by atoms with Crippen LogP contribution in [0.3, 0.4) is 0 Å². The summed E-state index contributed by atoms with van der Waals surface area (Å²) in [6, 6.07) is 11.7. The summed E-state index contributed by atoms with van der Waals surface area (Å²) in [5, 5.41) is 8.27. The van der Waals surface area contributed by atoms with Crippen molar-refractivity contribution in [2.45, 2.75) is 45.3 Å². The van der Waals surface area contributed by atoms with E-state index in [0.29, 0.717) is 12.1 Å². The maximum Gasteiger partial charge on any atom is 0.0643 e. The summed E-state index contributed by atoms with van der Waals surface area (Å²) in [5.74, 6) is 0. The number of benzene rings is 1. The quantitative estimate of drug-likeness (QED) is 0.909. The standard InChI is InChI=1S/C16H21N3/c1-3-12(2)19-9-8-14(18-19)10-16-15-7-5-4-6-13(15)11-17-16/h4-9,12,16-17H,3,10-11H2,1-2H3. The highest BCUT2D eigenvalue weighted by Gasteiger charge is 2.22. The average molecular weight is 255 g/mol. The van der Waals surface area contributed by atoms with Gasteiger partial charge in [0.05, 0.1) is 5.69 Å². The van der Waals surface area contributed by atoms with Crippen molar-refractivity contribution in [2.75, 3.05) is 0 Å². The zero-order valence-corrected chi connectivity index (χ0v) is 11.6. The third-order valence-corrected chi connectivity index (χ3v) is 4.09. The predicted molar refractivity (Wildman–Crippen MR) is 77.0 cm³/mol. The van der Waals surface area contributed by atoms with Gasteiger partial charge in [-0.2, -0.15) is 5.10 Å². The Hall–Kier alpha value is -1.61. The molecule has 0 amide bonds. The molecular formula is C16H21N3. The molecule has 0 fully saturated rings. The lowest BCUT2D eigenvalue weighted by atomic mass is 10.0. The van der Waals surface area contributed by atoms with E-state index in [1.807, 2.05) is 0 Å². The third-order valence-electron chi connectivity index (χ3n) is 4.09. The van der Waals surface area contributed by atoms with Crippen LogP contribution >= 0.6 is 0 Å². The molecule has 3 rings (SSSR count). The molecule has 1 aromatic carbocycles. The fraction of sp³-hybridized carbons (Fsp3) is 0.438. The van der Waals surface area contributed by atoms with Crippen LogP contribution in [0.15, 0.2) is 36.5 Å². The molecule has 0 radical (unpaired) electrons. The van der Waals surface area contributed by atoms with E-state index in [4.69, 9.17) is 5.10 Å². The summed E-state index contributed by atoms with van der Waals surface area (Å²) >= 11 is 0. The molecule has 0 bridgehead atoms. The number of rotatable bonds is 4. The molecule has 1 aliphatic heterocycles. The first-order chi connectivity index (χ1) is 9.28. The van der Waals surface area contributed by atoms with Crippen molar-refractivity contribution >= 4 is 0 Å². The Morgan fingerprint density at radius 2 is 2.21 bits per heavy atom. The molecule has 3 heteroatoms. The second-order valence-electron chi connectivity index (χ2n) is 5.38. The SMILES string of the molecule is CCC(C)n1ccc(CC2NCc3ccccc32)n1. The monoisotopic (exact) mass is 255 g/mol. The summed E-state index contributed by atoms with van der Waals surface area (Å²) in [5.41, 5.74) is 4.03. The van der Waals surface area contributed by atoms with Gasteiger partial charge in [-0.3, -0.25) is 4.68 Å². The summed E-state index contributed by atoms with van der Waals surface area (Å²) in [6.45, 7) is 5.38. The van der Waals surface area contributed by atoms with Gasteiger partial charge in [0.2, 0.25) is 0 Å². The van der Waals surface area contributed by atoms with Crippen LogP contribution in [-0.2, 0) is 13.0 Å². The second-order valence-corrected chi connectivity index (χ2v) is 5.38. The molecule has 3 nitrogen and oxygen atoms in total. The average Bonchev–Trinajstić information content (AvgIpc) is 3.06. The molecule has 2 atom stereocenters. The first-order valence-electron chi connectivity index (χ1n) is 7.13. The van der Waals surface area contributed by atoms with Gasteiger partial charge in [-0.05, 0) is 30.5 Å². The minimum atomic E-state index is 0.413. The fourth-order valence-electron chi connectivity index (χ4n) is 2.69. The van der Waals surface area contributed by atoms with Gasteiger partial charge in [0.1, 0.15) is 0 Å². The fourth-order valence-corrected chi connectivity index (χ4v) is 2.69. The summed E-state index contributed by atoms with van der Waals surface area (Å²) < 4.78 is 2.08. The molecule has 2 aromatic rings. The van der Waals surface area contributed by atoms with Crippen LogP contribution in [-0.4, -0.2) is 9.78 Å². The third kappa shape index (κ3) is 2.43. The molecule has 0 spiro atoms. The molecule has 2 heterocycles. The Bertz CT molecular complexity index is 559. The van der Waals surface area contributed by atoms with E-state index in [1.54, 1.807) is 0 Å². The number of fused-ring (bicyclic) bond motifs is 1. The highest BCUT2D eigenvalue weighted by molar-refractivity contribution is 5.34. The largest absolute Gasteiger partial charge is 0.305 e. The Labute approximate surface area is 114 Å². The maximum atomic E-state index is 4.69. The van der Waals surface area contributed by atoms with E-state index in [0.717, 1.165) is 19.4 Å². The molecule has 0 saturated heterocycles. The number of nitrogens with zero attached hydrogens (tertiary/aromatic N) is 2. The van der Waals surface area contributed by atoms with Crippen LogP contribution in [0.4, 0.5) is 0 Å². The van der Waals surface area contributed by atoms with Gasteiger partial charge < -0.3 is 5.32 Å². The molecule has 2 unspecified atom stereocenters. The Balaban J connectivity index is 1.74. The van der Waals surface area contributed by atoms with E-state index in [2.05, 4.69) is 60.4 Å². The van der Waals surface area contributed by atoms with Gasteiger partial charge in [-0.15, -0.1) is 0 Å². The van der Waals surface area contributed by atoms with Gasteiger partial charge in [0, 0.05) is 31.2 Å². The van der Waals surface area contributed by atoms with Crippen LogP contribution < -0.4 is 5.32 Å². The first kappa shape index (κ1) is 12.4. The van der Waals surface area contributed by atoms with Crippen molar-refractivity contribution in [3.63, 3.8) is 0 Å². The highest BCUT2D eigenvalue weighted by atomic mass is 15.3. The van der Waals surface area contributed by atoms with Crippen LogP contribution in [0.1, 0.15) is 49.2 Å². The van der Waals surface area contributed by atoms with E-state index >= 15 is 0 Å². The molecule has 100 valence electrons. The molecular weight excluding hydrogens is 234 g/mol. The lowest BCUT2D eigenvalue weighted by Crippen LogP contribution is -2.15. The zero-order chi connectivity index (χ0) is 13.2. The van der Waals surface area contributed by atoms with Crippen molar-refractivity contribution in [3.8, 4) is 0 Å². The zero-order valence-electron chi connectivity index (χ0n) is 11.6. The van der Waals surface area contributed by atoms with Crippen molar-refractivity contribution in [2.24, 2.45) is 0 Å². The summed E-state index contributed by atoms with van der Waals surface area (Å²) in [7, 11) is 0. The number of aromatic nitrogens is 2. The topological polar surface area (TPSA) is 29.9 Å². The maximum absolute atomic E-state index is 4.69. The lowest BCUT2D eigenvalue weighted by molar-refractivity contribution is 0.469. The molecule has 19 heavy (non-hydrogen) atoms. The number of hydrogen-bond acceptors (Lipinski definition) is 2. The van der Waals surface area contributed by atoms with E-state index < -0.39 is 0 Å². The smallest absolute Gasteiger partial charge is 0.0643 e. The van der Waals surface area contributed by atoms with Crippen molar-refractivity contribution < 1.29 is 0 Å². The predicted octanol–water partition coefficient (Wildman–Crippen LogP) is 3.24. The Morgan fingerprint density at radius 1 is 1.37 bits per heavy atom. The minimum Gasteiger partial charge on any atom is -0.305 e. The van der Waals surface area contributed by atoms with Crippen molar-refractivity contribution in [1.29, 1.82) is 0 Å². The Morgan fingerprint density at radius 3 is 3.05 bits per heavy atom. The second kappa shape index (κ2) is 5.17. The number of nitrogens with one attached hydrogen (secondary N) is 1. The van der Waals surface area contributed by atoms with Crippen molar-refractivity contribution in [3.05, 3.63) is 53.3 Å². The molecule has 1 aliphatic rings. The highest BCUT2D eigenvalue weighted by Crippen LogP contribution is 2.27. The van der Waals surface area contributed by atoms with Crippen LogP contribution in [0.2, 0.25) is 0 Å². The normalized spacial score (nSPS) is 19.4. The molecule has 0 saturated carbocycles. The van der Waals surface area contributed by atoms with E-state index in [-0.39, 0.29) is 0 Å². The Kier molecular flexibility index (Phi) is 3.38. The molecule has 1 N–H and O–H groups in total. The molecule has 0 aliphatic carbocycles. The van der Waals surface area contributed by atoms with E-state index in [1.165, 1.54) is 16.8 Å². The van der Waals surface area contributed by atoms with Crippen LogP contribution in [0.5, 0.6) is 0 Å². The van der Waals surface area contributed by atoms with Gasteiger partial charge in [0.25, 0.3) is 0 Å². The van der Waals surface area contributed by atoms with Gasteiger partial charge in [-0.25, -0.2) is 0 Å². The summed E-state index contributed by atoms with van der Waals surface area (Å²) in [6.07, 6.45) is 4.19. The van der Waals surface area contributed by atoms with Crippen LogP contribution in [0.25, 0.3) is 0 Å². The minimum absolute atomic E-state index is 0.413. The van der Waals surface area contributed by atoms with Gasteiger partial charge in [-0.1, -0.05) is 31.2 Å². The number of hydrogen-bond donors (Lipinski definition) is 1. The van der Waals surface area contributed by atoms with Gasteiger partial charge in [0.15, 0.2) is 0 Å². The molecule has 1 aromatic heterocycles. The first-order valence-corrected chi connectivity index (χ1v) is 7.13. The van der Waals surface area contributed by atoms with E-state index in [9.17, 15) is 0 Å². The van der Waals surface area contributed by atoms with Crippen LogP contribution in [0, 0.1) is 0 Å². The lowest BCUT2D eigenvalue weighted by Gasteiger charge is -2.11. The van der Waals surface area contributed by atoms with Gasteiger partial charge >= 0.3 is 0 Å². The summed E-state index contributed by atoms with van der Waals surface area (Å²) in [4.78, 5) is 0.